The molecule has 1 saturated heterocycles. The molecule has 1 aromatic carbocycles. The van der Waals surface area contributed by atoms with E-state index in [0.29, 0.717) is 13.1 Å². The van der Waals surface area contributed by atoms with E-state index in [-0.39, 0.29) is 11.8 Å². The first kappa shape index (κ1) is 16.6. The Labute approximate surface area is 137 Å². The zero-order valence-electron chi connectivity index (χ0n) is 12.9. The van der Waals surface area contributed by atoms with Crippen LogP contribution in [0.25, 0.3) is 0 Å². The van der Waals surface area contributed by atoms with E-state index in [1.165, 1.54) is 0 Å². The standard InChI is InChI=1S/C18H23ClN2O/c1-3-10-21(11-4-2)18(22)15-8-12-20(13-9-15)17-7-5-6-16(19)14-17/h3-7,14-15H,1-2,8-13H2. The number of amides is 1. The predicted octanol–water partition coefficient (Wildman–Crippen LogP) is 3.76. The van der Waals surface area contributed by atoms with E-state index in [1.807, 2.05) is 23.1 Å². The summed E-state index contributed by atoms with van der Waals surface area (Å²) in [4.78, 5) is 16.7. The summed E-state index contributed by atoms with van der Waals surface area (Å²) in [6, 6.07) is 7.88. The van der Waals surface area contributed by atoms with Gasteiger partial charge in [-0.15, -0.1) is 13.2 Å². The van der Waals surface area contributed by atoms with Gasteiger partial charge in [0, 0.05) is 42.8 Å². The number of benzene rings is 1. The van der Waals surface area contributed by atoms with Crippen LogP contribution in [0.5, 0.6) is 0 Å². The Morgan fingerprint density at radius 1 is 1.27 bits per heavy atom. The Balaban J connectivity index is 1.94. The molecule has 0 saturated carbocycles. The topological polar surface area (TPSA) is 23.6 Å². The van der Waals surface area contributed by atoms with Crippen LogP contribution < -0.4 is 4.90 Å². The van der Waals surface area contributed by atoms with Crippen molar-refractivity contribution in [3.05, 3.63) is 54.6 Å². The highest BCUT2D eigenvalue weighted by Crippen LogP contribution is 2.26. The lowest BCUT2D eigenvalue weighted by Gasteiger charge is -2.35. The van der Waals surface area contributed by atoms with Crippen LogP contribution in [-0.2, 0) is 4.79 Å². The second-order valence-corrected chi connectivity index (χ2v) is 6.00. The molecule has 22 heavy (non-hydrogen) atoms. The molecule has 0 radical (unpaired) electrons. The summed E-state index contributed by atoms with van der Waals surface area (Å²) in [5.41, 5.74) is 1.13. The van der Waals surface area contributed by atoms with E-state index in [9.17, 15) is 4.79 Å². The molecule has 1 aliphatic rings. The zero-order chi connectivity index (χ0) is 15.9. The predicted molar refractivity (Wildman–Crippen MR) is 93.4 cm³/mol. The number of halogens is 1. The average Bonchev–Trinajstić information content (AvgIpc) is 2.54. The summed E-state index contributed by atoms with van der Waals surface area (Å²) in [6.45, 7) is 10.4. The summed E-state index contributed by atoms with van der Waals surface area (Å²) in [7, 11) is 0. The molecular formula is C18H23ClN2O. The number of carbonyl (C=O) groups is 1. The fraction of sp³-hybridized carbons (Fsp3) is 0.389. The number of rotatable bonds is 6. The molecule has 118 valence electrons. The van der Waals surface area contributed by atoms with Gasteiger partial charge in [-0.1, -0.05) is 29.8 Å². The van der Waals surface area contributed by atoms with Crippen molar-refractivity contribution in [2.45, 2.75) is 12.8 Å². The summed E-state index contributed by atoms with van der Waals surface area (Å²) in [6.07, 6.45) is 5.28. The van der Waals surface area contributed by atoms with Gasteiger partial charge in [-0.2, -0.15) is 0 Å². The van der Waals surface area contributed by atoms with Crippen molar-refractivity contribution < 1.29 is 4.79 Å². The van der Waals surface area contributed by atoms with E-state index in [0.717, 1.165) is 36.6 Å². The molecule has 1 aromatic rings. The van der Waals surface area contributed by atoms with Crippen molar-refractivity contribution >= 4 is 23.2 Å². The number of hydrogen-bond acceptors (Lipinski definition) is 2. The Morgan fingerprint density at radius 2 is 1.91 bits per heavy atom. The third kappa shape index (κ3) is 4.14. The molecule has 2 rings (SSSR count). The van der Waals surface area contributed by atoms with Crippen LogP contribution in [0.3, 0.4) is 0 Å². The van der Waals surface area contributed by atoms with Crippen LogP contribution in [0.4, 0.5) is 5.69 Å². The zero-order valence-corrected chi connectivity index (χ0v) is 13.6. The van der Waals surface area contributed by atoms with Crippen molar-refractivity contribution in [1.82, 2.24) is 4.90 Å². The smallest absolute Gasteiger partial charge is 0.226 e. The maximum absolute atomic E-state index is 12.6. The van der Waals surface area contributed by atoms with Crippen molar-refractivity contribution in [1.29, 1.82) is 0 Å². The largest absolute Gasteiger partial charge is 0.371 e. The number of carbonyl (C=O) groups excluding carboxylic acids is 1. The molecule has 0 unspecified atom stereocenters. The van der Waals surface area contributed by atoms with E-state index >= 15 is 0 Å². The van der Waals surface area contributed by atoms with E-state index in [4.69, 9.17) is 11.6 Å². The van der Waals surface area contributed by atoms with Crippen molar-refractivity contribution in [2.24, 2.45) is 5.92 Å². The van der Waals surface area contributed by atoms with Crippen LogP contribution in [-0.4, -0.2) is 37.0 Å². The van der Waals surface area contributed by atoms with Gasteiger partial charge in [0.2, 0.25) is 5.91 Å². The molecule has 0 aliphatic carbocycles. The third-order valence-electron chi connectivity index (χ3n) is 4.03. The Bertz CT molecular complexity index is 526. The fourth-order valence-electron chi connectivity index (χ4n) is 2.88. The molecule has 0 N–H and O–H groups in total. The molecule has 1 amide bonds. The Kier molecular flexibility index (Phi) is 6.08. The van der Waals surface area contributed by atoms with E-state index < -0.39 is 0 Å². The summed E-state index contributed by atoms with van der Waals surface area (Å²) in [5.74, 6) is 0.306. The quantitative estimate of drug-likeness (QED) is 0.746. The highest BCUT2D eigenvalue weighted by molar-refractivity contribution is 6.30. The number of hydrogen-bond donors (Lipinski definition) is 0. The first-order chi connectivity index (χ1) is 10.7. The Hall–Kier alpha value is -1.74. The second kappa shape index (κ2) is 8.04. The average molecular weight is 319 g/mol. The maximum Gasteiger partial charge on any atom is 0.226 e. The number of piperidine rings is 1. The lowest BCUT2D eigenvalue weighted by molar-refractivity contribution is -0.135. The molecular weight excluding hydrogens is 296 g/mol. The Morgan fingerprint density at radius 3 is 2.45 bits per heavy atom. The van der Waals surface area contributed by atoms with E-state index in [2.05, 4.69) is 24.1 Å². The van der Waals surface area contributed by atoms with Crippen LogP contribution >= 0.6 is 11.6 Å². The van der Waals surface area contributed by atoms with Gasteiger partial charge in [-0.05, 0) is 31.0 Å². The number of anilines is 1. The third-order valence-corrected chi connectivity index (χ3v) is 4.26. The van der Waals surface area contributed by atoms with Crippen molar-refractivity contribution in [3.8, 4) is 0 Å². The number of nitrogens with zero attached hydrogens (tertiary/aromatic N) is 2. The van der Waals surface area contributed by atoms with E-state index in [1.54, 1.807) is 12.2 Å². The molecule has 1 heterocycles. The molecule has 0 atom stereocenters. The van der Waals surface area contributed by atoms with Gasteiger partial charge in [0.15, 0.2) is 0 Å². The first-order valence-electron chi connectivity index (χ1n) is 7.66. The van der Waals surface area contributed by atoms with Gasteiger partial charge in [0.25, 0.3) is 0 Å². The van der Waals surface area contributed by atoms with Crippen molar-refractivity contribution in [3.63, 3.8) is 0 Å². The summed E-state index contributed by atoms with van der Waals surface area (Å²) in [5, 5.41) is 0.749. The monoisotopic (exact) mass is 318 g/mol. The lowest BCUT2D eigenvalue weighted by Crippen LogP contribution is -2.42. The molecule has 0 spiro atoms. The summed E-state index contributed by atoms with van der Waals surface area (Å²) < 4.78 is 0. The molecule has 3 nitrogen and oxygen atoms in total. The van der Waals surface area contributed by atoms with Gasteiger partial charge in [0.05, 0.1) is 0 Å². The first-order valence-corrected chi connectivity index (χ1v) is 8.04. The van der Waals surface area contributed by atoms with Crippen LogP contribution in [0, 0.1) is 5.92 Å². The van der Waals surface area contributed by atoms with Gasteiger partial charge in [0.1, 0.15) is 0 Å². The molecule has 1 fully saturated rings. The molecule has 1 aliphatic heterocycles. The highest BCUT2D eigenvalue weighted by atomic mass is 35.5. The van der Waals surface area contributed by atoms with Crippen LogP contribution in [0.1, 0.15) is 12.8 Å². The minimum absolute atomic E-state index is 0.0929. The van der Waals surface area contributed by atoms with Crippen LogP contribution in [0.2, 0.25) is 5.02 Å². The normalized spacial score (nSPS) is 15.4. The summed E-state index contributed by atoms with van der Waals surface area (Å²) >= 11 is 6.05. The SMILES string of the molecule is C=CCN(CC=C)C(=O)C1CCN(c2cccc(Cl)c2)CC1. The molecule has 0 bridgehead atoms. The molecule has 4 heteroatoms. The van der Waals surface area contributed by atoms with Gasteiger partial charge < -0.3 is 9.80 Å². The molecule has 0 aromatic heterocycles. The van der Waals surface area contributed by atoms with Crippen LogP contribution in [0.15, 0.2) is 49.6 Å². The second-order valence-electron chi connectivity index (χ2n) is 5.56. The van der Waals surface area contributed by atoms with Crippen molar-refractivity contribution in [2.75, 3.05) is 31.1 Å². The highest BCUT2D eigenvalue weighted by Gasteiger charge is 2.27. The lowest BCUT2D eigenvalue weighted by atomic mass is 9.94. The minimum atomic E-state index is 0.0929. The minimum Gasteiger partial charge on any atom is -0.371 e. The fourth-order valence-corrected chi connectivity index (χ4v) is 3.07. The maximum atomic E-state index is 12.6. The van der Waals surface area contributed by atoms with Gasteiger partial charge in [-0.25, -0.2) is 0 Å². The van der Waals surface area contributed by atoms with Gasteiger partial charge in [-0.3, -0.25) is 4.79 Å². The van der Waals surface area contributed by atoms with Gasteiger partial charge >= 0.3 is 0 Å².